The van der Waals surface area contributed by atoms with E-state index in [2.05, 4.69) is 5.32 Å². The van der Waals surface area contributed by atoms with E-state index in [1.54, 1.807) is 6.92 Å². The number of amides is 1. The first-order chi connectivity index (χ1) is 7.54. The summed E-state index contributed by atoms with van der Waals surface area (Å²) in [5.41, 5.74) is -0.00945. The number of nitrogens with zero attached hydrogens (tertiary/aromatic N) is 1. The summed E-state index contributed by atoms with van der Waals surface area (Å²) in [7, 11) is 0. The number of aromatic hydroxyl groups is 2. The van der Waals surface area contributed by atoms with Gasteiger partial charge in [0.05, 0.1) is 18.1 Å². The van der Waals surface area contributed by atoms with Crippen LogP contribution in [0.2, 0.25) is 0 Å². The van der Waals surface area contributed by atoms with E-state index in [4.69, 9.17) is 5.26 Å². The summed E-state index contributed by atoms with van der Waals surface area (Å²) < 4.78 is 0. The van der Waals surface area contributed by atoms with Crippen LogP contribution in [0.3, 0.4) is 0 Å². The average Bonchev–Trinajstić information content (AvgIpc) is 2.21. The van der Waals surface area contributed by atoms with E-state index in [1.807, 2.05) is 6.07 Å². The monoisotopic (exact) mass is 220 g/mol. The van der Waals surface area contributed by atoms with Crippen LogP contribution < -0.4 is 5.32 Å². The van der Waals surface area contributed by atoms with Gasteiger partial charge in [0.25, 0.3) is 5.91 Å². The van der Waals surface area contributed by atoms with E-state index < -0.39 is 5.91 Å². The van der Waals surface area contributed by atoms with Crippen LogP contribution in [0, 0.1) is 11.3 Å². The van der Waals surface area contributed by atoms with E-state index in [-0.39, 0.29) is 29.5 Å². The van der Waals surface area contributed by atoms with Crippen molar-refractivity contribution in [1.29, 1.82) is 5.26 Å². The van der Waals surface area contributed by atoms with Crippen LogP contribution in [0.5, 0.6) is 11.5 Å². The number of hydrogen-bond donors (Lipinski definition) is 3. The molecule has 0 aliphatic rings. The molecule has 0 bridgehead atoms. The van der Waals surface area contributed by atoms with Crippen LogP contribution in [-0.4, -0.2) is 22.2 Å². The van der Waals surface area contributed by atoms with Gasteiger partial charge in [-0.15, -0.1) is 0 Å². The molecule has 1 aromatic carbocycles. The Morgan fingerprint density at radius 2 is 2.25 bits per heavy atom. The Balaban J connectivity index is 2.81. The summed E-state index contributed by atoms with van der Waals surface area (Å²) in [5.74, 6) is -0.827. The third kappa shape index (κ3) is 2.89. The molecular formula is C11H12N2O3. The molecule has 0 aromatic heterocycles. The molecule has 0 aliphatic carbocycles. The second-order valence-electron chi connectivity index (χ2n) is 3.44. The lowest BCUT2D eigenvalue weighted by Gasteiger charge is -2.11. The van der Waals surface area contributed by atoms with Crippen LogP contribution in [0.15, 0.2) is 18.2 Å². The standard InChI is InChI=1S/C11H12N2O3/c1-7(4-5-12)13-11(16)9-6-8(14)2-3-10(9)15/h2-3,6-7,14-15H,4H2,1H3,(H,13,16). The normalized spacial score (nSPS) is 11.5. The molecule has 0 aliphatic heterocycles. The summed E-state index contributed by atoms with van der Waals surface area (Å²) >= 11 is 0. The Hall–Kier alpha value is -2.22. The summed E-state index contributed by atoms with van der Waals surface area (Å²) in [6.07, 6.45) is 0.186. The number of carbonyl (C=O) groups is 1. The Bertz CT molecular complexity index is 437. The summed E-state index contributed by atoms with van der Waals surface area (Å²) in [4.78, 5) is 11.6. The largest absolute Gasteiger partial charge is 0.508 e. The fourth-order valence-corrected chi connectivity index (χ4v) is 1.20. The van der Waals surface area contributed by atoms with Gasteiger partial charge in [-0.05, 0) is 25.1 Å². The third-order valence-corrected chi connectivity index (χ3v) is 2.00. The van der Waals surface area contributed by atoms with Crippen molar-refractivity contribution in [1.82, 2.24) is 5.32 Å². The first-order valence-electron chi connectivity index (χ1n) is 4.74. The zero-order valence-electron chi connectivity index (χ0n) is 8.77. The molecule has 5 heteroatoms. The highest BCUT2D eigenvalue weighted by atomic mass is 16.3. The quantitative estimate of drug-likeness (QED) is 0.665. The van der Waals surface area contributed by atoms with Gasteiger partial charge in [0.1, 0.15) is 11.5 Å². The SMILES string of the molecule is CC(CC#N)NC(=O)c1cc(O)ccc1O. The molecule has 0 radical (unpaired) electrons. The number of nitrogens with one attached hydrogen (secondary N) is 1. The van der Waals surface area contributed by atoms with E-state index in [9.17, 15) is 15.0 Å². The molecule has 3 N–H and O–H groups in total. The van der Waals surface area contributed by atoms with E-state index >= 15 is 0 Å². The number of phenolic OH excluding ortho intramolecular Hbond substituents is 2. The highest BCUT2D eigenvalue weighted by Gasteiger charge is 2.14. The maximum atomic E-state index is 11.6. The molecule has 0 saturated carbocycles. The first kappa shape index (κ1) is 11.9. The average molecular weight is 220 g/mol. The van der Waals surface area contributed by atoms with Crippen molar-refractivity contribution in [2.24, 2.45) is 0 Å². The number of nitriles is 1. The van der Waals surface area contributed by atoms with Gasteiger partial charge in [-0.3, -0.25) is 4.79 Å². The predicted octanol–water partition coefficient (Wildman–Crippen LogP) is 1.13. The Kier molecular flexibility index (Phi) is 3.72. The highest BCUT2D eigenvalue weighted by molar-refractivity contribution is 5.97. The van der Waals surface area contributed by atoms with Crippen LogP contribution in [0.25, 0.3) is 0 Å². The van der Waals surface area contributed by atoms with Gasteiger partial charge in [0, 0.05) is 6.04 Å². The van der Waals surface area contributed by atoms with Crippen molar-refractivity contribution < 1.29 is 15.0 Å². The van der Waals surface area contributed by atoms with Gasteiger partial charge < -0.3 is 15.5 Å². The lowest BCUT2D eigenvalue weighted by molar-refractivity contribution is 0.0937. The second kappa shape index (κ2) is 5.03. The van der Waals surface area contributed by atoms with Crippen LogP contribution in [0.1, 0.15) is 23.7 Å². The molecule has 16 heavy (non-hydrogen) atoms. The minimum Gasteiger partial charge on any atom is -0.508 e. The Morgan fingerprint density at radius 3 is 2.88 bits per heavy atom. The molecule has 1 amide bonds. The van der Waals surface area contributed by atoms with Crippen molar-refractivity contribution >= 4 is 5.91 Å². The summed E-state index contributed by atoms with van der Waals surface area (Å²) in [6, 6.07) is 5.31. The molecule has 84 valence electrons. The smallest absolute Gasteiger partial charge is 0.255 e. The molecule has 1 aromatic rings. The van der Waals surface area contributed by atoms with Crippen molar-refractivity contribution in [3.05, 3.63) is 23.8 Å². The summed E-state index contributed by atoms with van der Waals surface area (Å²) in [5, 5.41) is 29.6. The number of benzene rings is 1. The molecule has 1 atom stereocenters. The Labute approximate surface area is 92.9 Å². The lowest BCUT2D eigenvalue weighted by Crippen LogP contribution is -2.32. The van der Waals surface area contributed by atoms with Crippen LogP contribution in [-0.2, 0) is 0 Å². The van der Waals surface area contributed by atoms with Crippen molar-refractivity contribution in [2.45, 2.75) is 19.4 Å². The van der Waals surface area contributed by atoms with Crippen molar-refractivity contribution in [2.75, 3.05) is 0 Å². The molecule has 0 saturated heterocycles. The van der Waals surface area contributed by atoms with Gasteiger partial charge in [-0.25, -0.2) is 0 Å². The van der Waals surface area contributed by atoms with E-state index in [0.717, 1.165) is 0 Å². The second-order valence-corrected chi connectivity index (χ2v) is 3.44. The zero-order valence-corrected chi connectivity index (χ0v) is 8.77. The van der Waals surface area contributed by atoms with Gasteiger partial charge in [0.15, 0.2) is 0 Å². The van der Waals surface area contributed by atoms with Gasteiger partial charge in [-0.2, -0.15) is 5.26 Å². The first-order valence-corrected chi connectivity index (χ1v) is 4.74. The van der Waals surface area contributed by atoms with E-state index in [1.165, 1.54) is 18.2 Å². The number of phenols is 2. The Morgan fingerprint density at radius 1 is 1.56 bits per heavy atom. The maximum absolute atomic E-state index is 11.6. The summed E-state index contributed by atoms with van der Waals surface area (Å²) in [6.45, 7) is 1.68. The van der Waals surface area contributed by atoms with Crippen LogP contribution >= 0.6 is 0 Å². The predicted molar refractivity (Wildman–Crippen MR) is 56.9 cm³/mol. The molecule has 1 rings (SSSR count). The topological polar surface area (TPSA) is 93.4 Å². The molecule has 0 heterocycles. The maximum Gasteiger partial charge on any atom is 0.255 e. The fraction of sp³-hybridized carbons (Fsp3) is 0.273. The van der Waals surface area contributed by atoms with Crippen molar-refractivity contribution in [3.63, 3.8) is 0 Å². The number of carbonyl (C=O) groups excluding carboxylic acids is 1. The van der Waals surface area contributed by atoms with Crippen molar-refractivity contribution in [3.8, 4) is 17.6 Å². The van der Waals surface area contributed by atoms with Gasteiger partial charge in [0.2, 0.25) is 0 Å². The minimum absolute atomic E-state index is 0.00945. The van der Waals surface area contributed by atoms with Crippen LogP contribution in [0.4, 0.5) is 0 Å². The third-order valence-electron chi connectivity index (χ3n) is 2.00. The van der Waals surface area contributed by atoms with Gasteiger partial charge in [-0.1, -0.05) is 0 Å². The lowest BCUT2D eigenvalue weighted by atomic mass is 10.1. The molecule has 0 spiro atoms. The van der Waals surface area contributed by atoms with E-state index in [0.29, 0.717) is 0 Å². The molecule has 0 fully saturated rings. The van der Waals surface area contributed by atoms with Gasteiger partial charge >= 0.3 is 0 Å². The molecule has 1 unspecified atom stereocenters. The minimum atomic E-state index is -0.517. The molecule has 5 nitrogen and oxygen atoms in total. The zero-order chi connectivity index (χ0) is 12.1. The number of hydrogen-bond acceptors (Lipinski definition) is 4. The number of rotatable bonds is 3. The highest BCUT2D eigenvalue weighted by Crippen LogP contribution is 2.21. The molecular weight excluding hydrogens is 208 g/mol. The fourth-order valence-electron chi connectivity index (χ4n) is 1.20.